The van der Waals surface area contributed by atoms with Gasteiger partial charge in [0.25, 0.3) is 5.91 Å². The second kappa shape index (κ2) is 8.64. The maximum absolute atomic E-state index is 13.2. The van der Waals surface area contributed by atoms with Gasteiger partial charge in [-0.2, -0.15) is 13.2 Å². The van der Waals surface area contributed by atoms with E-state index in [-0.39, 0.29) is 23.6 Å². The molecular formula is C21H21F3N2O4. The Balaban J connectivity index is 1.92. The highest BCUT2D eigenvalue weighted by Gasteiger charge is 2.33. The number of piperidine rings is 1. The van der Waals surface area contributed by atoms with Crippen LogP contribution in [-0.2, 0) is 11.0 Å². The molecule has 0 radical (unpaired) electrons. The first-order valence-corrected chi connectivity index (χ1v) is 9.28. The molecular weight excluding hydrogens is 401 g/mol. The minimum absolute atomic E-state index is 0.0194. The first kappa shape index (κ1) is 21.5. The Labute approximate surface area is 171 Å². The Hall–Kier alpha value is -3.23. The van der Waals surface area contributed by atoms with Crippen LogP contribution in [0.4, 0.5) is 13.2 Å². The van der Waals surface area contributed by atoms with Crippen LogP contribution in [0.15, 0.2) is 36.4 Å². The maximum atomic E-state index is 13.2. The van der Waals surface area contributed by atoms with Crippen molar-refractivity contribution in [2.45, 2.75) is 32.0 Å². The summed E-state index contributed by atoms with van der Waals surface area (Å²) in [6, 6.07) is 7.24. The lowest BCUT2D eigenvalue weighted by atomic mass is 10.0. The number of hydrogen-bond acceptors (Lipinski definition) is 4. The van der Waals surface area contributed by atoms with Crippen LogP contribution in [0.25, 0.3) is 0 Å². The number of benzene rings is 2. The molecule has 160 valence electrons. The highest BCUT2D eigenvalue weighted by Crippen LogP contribution is 2.35. The van der Waals surface area contributed by atoms with Crippen molar-refractivity contribution in [2.24, 2.45) is 0 Å². The number of methoxy groups -OCH3 is 1. The lowest BCUT2D eigenvalue weighted by Gasteiger charge is -2.24. The molecule has 2 N–H and O–H groups in total. The molecule has 6 nitrogen and oxygen atoms in total. The predicted molar refractivity (Wildman–Crippen MR) is 103 cm³/mol. The Kier molecular flexibility index (Phi) is 6.19. The van der Waals surface area contributed by atoms with Gasteiger partial charge in [0.05, 0.1) is 18.2 Å². The number of halogens is 3. The molecule has 0 aliphatic carbocycles. The van der Waals surface area contributed by atoms with Crippen LogP contribution in [0.2, 0.25) is 0 Å². The van der Waals surface area contributed by atoms with E-state index < -0.39 is 23.7 Å². The molecule has 0 bridgehead atoms. The van der Waals surface area contributed by atoms with Crippen LogP contribution in [0.3, 0.4) is 0 Å². The van der Waals surface area contributed by atoms with Crippen LogP contribution in [0, 0.1) is 6.92 Å². The largest absolute Gasteiger partial charge is 0.497 e. The van der Waals surface area contributed by atoms with E-state index in [4.69, 9.17) is 9.47 Å². The average Bonchev–Trinajstić information content (AvgIpc) is 2.68. The molecule has 0 aromatic heterocycles. The van der Waals surface area contributed by atoms with Crippen molar-refractivity contribution in [3.05, 3.63) is 53.1 Å². The fourth-order valence-corrected chi connectivity index (χ4v) is 3.12. The minimum atomic E-state index is -4.62. The van der Waals surface area contributed by atoms with Gasteiger partial charge >= 0.3 is 6.18 Å². The summed E-state index contributed by atoms with van der Waals surface area (Å²) in [6.45, 7) is 2.14. The SMILES string of the molecule is COc1ccc(Oc2ccc(C(F)(F)F)cc2C(=O)NC2CCNC(=O)C2)c(C)c1. The minimum Gasteiger partial charge on any atom is -0.497 e. The van der Waals surface area contributed by atoms with E-state index in [0.29, 0.717) is 30.0 Å². The fraction of sp³-hybridized carbons (Fsp3) is 0.333. The van der Waals surface area contributed by atoms with E-state index in [1.54, 1.807) is 25.1 Å². The zero-order valence-corrected chi connectivity index (χ0v) is 16.4. The molecule has 1 aliphatic heterocycles. The molecule has 9 heteroatoms. The second-order valence-electron chi connectivity index (χ2n) is 6.96. The number of nitrogens with one attached hydrogen (secondary N) is 2. The molecule has 1 atom stereocenters. The average molecular weight is 422 g/mol. The number of aryl methyl sites for hydroxylation is 1. The summed E-state index contributed by atoms with van der Waals surface area (Å²) in [5.41, 5.74) is -0.538. The first-order chi connectivity index (χ1) is 14.2. The molecule has 2 aromatic carbocycles. The summed E-state index contributed by atoms with van der Waals surface area (Å²) in [6.07, 6.45) is -4.06. The summed E-state index contributed by atoms with van der Waals surface area (Å²) >= 11 is 0. The van der Waals surface area contributed by atoms with Crippen molar-refractivity contribution < 1.29 is 32.2 Å². The van der Waals surface area contributed by atoms with E-state index >= 15 is 0 Å². The third-order valence-electron chi connectivity index (χ3n) is 4.74. The van der Waals surface area contributed by atoms with Gasteiger partial charge < -0.3 is 20.1 Å². The predicted octanol–water partition coefficient (Wildman–Crippen LogP) is 3.82. The highest BCUT2D eigenvalue weighted by atomic mass is 19.4. The van der Waals surface area contributed by atoms with E-state index in [1.165, 1.54) is 7.11 Å². The normalized spacial score (nSPS) is 16.6. The van der Waals surface area contributed by atoms with Crippen LogP contribution in [0.1, 0.15) is 34.3 Å². The number of alkyl halides is 3. The van der Waals surface area contributed by atoms with Gasteiger partial charge in [-0.1, -0.05) is 0 Å². The van der Waals surface area contributed by atoms with Crippen molar-refractivity contribution in [3.63, 3.8) is 0 Å². The van der Waals surface area contributed by atoms with Crippen LogP contribution in [-0.4, -0.2) is 31.5 Å². The van der Waals surface area contributed by atoms with Gasteiger partial charge in [0, 0.05) is 19.0 Å². The van der Waals surface area contributed by atoms with Gasteiger partial charge in [0.15, 0.2) is 0 Å². The van der Waals surface area contributed by atoms with Crippen molar-refractivity contribution in [1.82, 2.24) is 10.6 Å². The van der Waals surface area contributed by atoms with Gasteiger partial charge in [-0.05, 0) is 55.3 Å². The van der Waals surface area contributed by atoms with Crippen molar-refractivity contribution in [1.29, 1.82) is 0 Å². The second-order valence-corrected chi connectivity index (χ2v) is 6.96. The smallest absolute Gasteiger partial charge is 0.416 e. The Bertz CT molecular complexity index is 960. The zero-order valence-electron chi connectivity index (χ0n) is 16.4. The quantitative estimate of drug-likeness (QED) is 0.768. The molecule has 30 heavy (non-hydrogen) atoms. The molecule has 0 spiro atoms. The first-order valence-electron chi connectivity index (χ1n) is 9.28. The topological polar surface area (TPSA) is 76.7 Å². The lowest BCUT2D eigenvalue weighted by molar-refractivity contribution is -0.137. The van der Waals surface area contributed by atoms with Crippen molar-refractivity contribution in [2.75, 3.05) is 13.7 Å². The Morgan fingerprint density at radius 3 is 2.53 bits per heavy atom. The van der Waals surface area contributed by atoms with Gasteiger partial charge in [0.2, 0.25) is 5.91 Å². The van der Waals surface area contributed by atoms with E-state index in [1.807, 2.05) is 0 Å². The van der Waals surface area contributed by atoms with Crippen LogP contribution in [0.5, 0.6) is 17.2 Å². The van der Waals surface area contributed by atoms with Crippen LogP contribution >= 0.6 is 0 Å². The van der Waals surface area contributed by atoms with Gasteiger partial charge in [0.1, 0.15) is 17.2 Å². The van der Waals surface area contributed by atoms with Crippen molar-refractivity contribution >= 4 is 11.8 Å². The third kappa shape index (κ3) is 5.03. The maximum Gasteiger partial charge on any atom is 0.416 e. The van der Waals surface area contributed by atoms with Gasteiger partial charge in [-0.25, -0.2) is 0 Å². The number of ether oxygens (including phenoxy) is 2. The van der Waals surface area contributed by atoms with Gasteiger partial charge in [-0.3, -0.25) is 9.59 Å². The molecule has 1 unspecified atom stereocenters. The van der Waals surface area contributed by atoms with Crippen molar-refractivity contribution in [3.8, 4) is 17.2 Å². The summed E-state index contributed by atoms with van der Waals surface area (Å²) in [7, 11) is 1.51. The summed E-state index contributed by atoms with van der Waals surface area (Å²) in [5, 5.41) is 5.28. The van der Waals surface area contributed by atoms with Crippen LogP contribution < -0.4 is 20.1 Å². The fourth-order valence-electron chi connectivity index (χ4n) is 3.12. The number of amides is 2. The molecule has 1 aliphatic rings. The molecule has 0 saturated carbocycles. The van der Waals surface area contributed by atoms with Gasteiger partial charge in [-0.15, -0.1) is 0 Å². The monoisotopic (exact) mass is 422 g/mol. The lowest BCUT2D eigenvalue weighted by Crippen LogP contribution is -2.45. The molecule has 2 aromatic rings. The number of carbonyl (C=O) groups excluding carboxylic acids is 2. The summed E-state index contributed by atoms with van der Waals surface area (Å²) < 4.78 is 50.5. The number of carbonyl (C=O) groups is 2. The van der Waals surface area contributed by atoms with E-state index in [2.05, 4.69) is 10.6 Å². The number of hydrogen-bond donors (Lipinski definition) is 2. The molecule has 1 saturated heterocycles. The summed E-state index contributed by atoms with van der Waals surface area (Å²) in [4.78, 5) is 24.3. The third-order valence-corrected chi connectivity index (χ3v) is 4.74. The summed E-state index contributed by atoms with van der Waals surface area (Å²) in [5.74, 6) is -0.000574. The Morgan fingerprint density at radius 1 is 1.17 bits per heavy atom. The molecule has 1 heterocycles. The standard InChI is InChI=1S/C21H21F3N2O4/c1-12-9-15(29-2)4-6-17(12)30-18-5-3-13(21(22,23)24)10-16(18)20(28)26-14-7-8-25-19(27)11-14/h3-6,9-10,14H,7-8,11H2,1-2H3,(H,25,27)(H,26,28). The molecule has 3 rings (SSSR count). The molecule has 2 amide bonds. The highest BCUT2D eigenvalue weighted by molar-refractivity contribution is 5.97. The van der Waals surface area contributed by atoms with E-state index in [0.717, 1.165) is 18.2 Å². The molecule has 1 fully saturated rings. The van der Waals surface area contributed by atoms with E-state index in [9.17, 15) is 22.8 Å². The number of rotatable bonds is 5. The Morgan fingerprint density at radius 2 is 1.90 bits per heavy atom. The zero-order chi connectivity index (χ0) is 21.9.